The Hall–Kier alpha value is -2.36. The molecule has 0 atom stereocenters. The van der Waals surface area contributed by atoms with E-state index in [4.69, 9.17) is 0 Å². The topological polar surface area (TPSA) is 53.2 Å². The van der Waals surface area contributed by atoms with Crippen molar-refractivity contribution in [1.82, 2.24) is 4.98 Å². The highest BCUT2D eigenvalue weighted by Gasteiger charge is 2.28. The molecular formula is C19H22N2O2. The number of amides is 1. The Morgan fingerprint density at radius 2 is 1.96 bits per heavy atom. The first-order chi connectivity index (χ1) is 10.8. The quantitative estimate of drug-likeness (QED) is 0.879. The number of carbonyl (C=O) groups excluding carboxylic acids is 1. The zero-order valence-electron chi connectivity index (χ0n) is 14.1. The van der Waals surface area contributed by atoms with Gasteiger partial charge in [0.05, 0.1) is 0 Å². The lowest BCUT2D eigenvalue weighted by Crippen LogP contribution is -2.32. The zero-order chi connectivity index (χ0) is 16.8. The number of hydrogen-bond acceptors (Lipinski definition) is 2. The Balaban J connectivity index is 1.96. The van der Waals surface area contributed by atoms with E-state index in [2.05, 4.69) is 37.9 Å². The molecule has 4 heteroatoms. The van der Waals surface area contributed by atoms with Gasteiger partial charge in [-0.1, -0.05) is 32.9 Å². The van der Waals surface area contributed by atoms with Crippen LogP contribution in [-0.4, -0.2) is 17.4 Å². The molecule has 1 aromatic heterocycles. The van der Waals surface area contributed by atoms with Crippen LogP contribution < -0.4 is 10.3 Å². The molecule has 0 spiro atoms. The van der Waals surface area contributed by atoms with Crippen molar-refractivity contribution in [2.24, 2.45) is 0 Å². The maximum absolute atomic E-state index is 12.7. The smallest absolute Gasteiger partial charge is 0.263 e. The molecule has 2 heterocycles. The number of nitrogens with one attached hydrogen (secondary N) is 1. The van der Waals surface area contributed by atoms with Gasteiger partial charge in [-0.3, -0.25) is 9.59 Å². The van der Waals surface area contributed by atoms with Gasteiger partial charge in [-0.25, -0.2) is 0 Å². The van der Waals surface area contributed by atoms with Crippen LogP contribution in [0.1, 0.15) is 48.0 Å². The number of aromatic amines is 1. The van der Waals surface area contributed by atoms with Crippen LogP contribution in [0.25, 0.3) is 0 Å². The van der Waals surface area contributed by atoms with Crippen LogP contribution >= 0.6 is 0 Å². The van der Waals surface area contributed by atoms with Gasteiger partial charge in [0.15, 0.2) is 5.43 Å². The maximum atomic E-state index is 12.7. The first kappa shape index (κ1) is 15.5. The van der Waals surface area contributed by atoms with Crippen molar-refractivity contribution in [2.75, 3.05) is 11.4 Å². The molecule has 0 saturated carbocycles. The third kappa shape index (κ3) is 2.81. The molecule has 0 fully saturated rings. The van der Waals surface area contributed by atoms with E-state index in [1.54, 1.807) is 11.8 Å². The second-order valence-corrected chi connectivity index (χ2v) is 7.19. The van der Waals surface area contributed by atoms with E-state index < -0.39 is 0 Å². The van der Waals surface area contributed by atoms with Gasteiger partial charge in [-0.05, 0) is 36.0 Å². The molecule has 120 valence electrons. The molecule has 1 aliphatic rings. The van der Waals surface area contributed by atoms with Gasteiger partial charge in [-0.2, -0.15) is 0 Å². The Morgan fingerprint density at radius 3 is 2.61 bits per heavy atom. The Kier molecular flexibility index (Phi) is 3.63. The Morgan fingerprint density at radius 1 is 1.22 bits per heavy atom. The third-order valence-electron chi connectivity index (χ3n) is 4.37. The van der Waals surface area contributed by atoms with Crippen LogP contribution in [0.4, 0.5) is 5.69 Å². The summed E-state index contributed by atoms with van der Waals surface area (Å²) < 4.78 is 0. The number of rotatable bonds is 1. The number of aromatic nitrogens is 1. The summed E-state index contributed by atoms with van der Waals surface area (Å²) in [6.45, 7) is 8.96. The van der Waals surface area contributed by atoms with Gasteiger partial charge in [0.25, 0.3) is 5.91 Å². The summed E-state index contributed by atoms with van der Waals surface area (Å²) in [5, 5.41) is 0. The number of H-pyrrole nitrogens is 1. The lowest BCUT2D eigenvalue weighted by Gasteiger charge is -2.21. The molecule has 4 nitrogen and oxygen atoms in total. The molecule has 0 saturated heterocycles. The van der Waals surface area contributed by atoms with Crippen molar-refractivity contribution in [1.29, 1.82) is 0 Å². The Labute approximate surface area is 136 Å². The molecule has 0 bridgehead atoms. The van der Waals surface area contributed by atoms with Crippen LogP contribution in [0.5, 0.6) is 0 Å². The second kappa shape index (κ2) is 5.37. The summed E-state index contributed by atoms with van der Waals surface area (Å²) in [4.78, 5) is 29.5. The van der Waals surface area contributed by atoms with Crippen LogP contribution in [0, 0.1) is 6.92 Å². The van der Waals surface area contributed by atoms with Gasteiger partial charge in [-0.15, -0.1) is 0 Å². The lowest BCUT2D eigenvalue weighted by molar-refractivity contribution is 0.0988. The molecule has 1 aliphatic heterocycles. The van der Waals surface area contributed by atoms with Gasteiger partial charge in [0.2, 0.25) is 0 Å². The average Bonchev–Trinajstić information content (AvgIpc) is 2.88. The van der Waals surface area contributed by atoms with Gasteiger partial charge in [0, 0.05) is 30.2 Å². The van der Waals surface area contributed by atoms with Gasteiger partial charge < -0.3 is 9.88 Å². The second-order valence-electron chi connectivity index (χ2n) is 7.19. The normalized spacial score (nSPS) is 14.0. The van der Waals surface area contributed by atoms with Crippen LogP contribution in [0.15, 0.2) is 35.3 Å². The van der Waals surface area contributed by atoms with Crippen molar-refractivity contribution in [2.45, 2.75) is 39.5 Å². The van der Waals surface area contributed by atoms with Crippen molar-refractivity contribution >= 4 is 11.6 Å². The highest BCUT2D eigenvalue weighted by Crippen LogP contribution is 2.33. The SMILES string of the molecule is Cc1cc(=O)c(C(=O)N2CCc3cc(C(C)(C)C)ccc32)c[nH]1. The molecular weight excluding hydrogens is 288 g/mol. The first-order valence-electron chi connectivity index (χ1n) is 7.92. The van der Waals surface area contributed by atoms with E-state index in [-0.39, 0.29) is 22.3 Å². The largest absolute Gasteiger partial charge is 0.364 e. The fourth-order valence-electron chi connectivity index (χ4n) is 2.96. The number of hydrogen-bond donors (Lipinski definition) is 1. The number of aryl methyl sites for hydroxylation is 1. The number of pyridine rings is 1. The molecule has 23 heavy (non-hydrogen) atoms. The van der Waals surface area contributed by atoms with Crippen molar-refractivity contribution < 1.29 is 4.79 Å². The molecule has 1 N–H and O–H groups in total. The molecule has 0 unspecified atom stereocenters. The Bertz CT molecular complexity index is 828. The number of anilines is 1. The highest BCUT2D eigenvalue weighted by atomic mass is 16.2. The number of benzene rings is 1. The molecule has 0 radical (unpaired) electrons. The summed E-state index contributed by atoms with van der Waals surface area (Å²) in [5.74, 6) is -0.228. The standard InChI is InChI=1S/C19H22N2O2/c1-12-9-17(22)15(11-20-12)18(23)21-8-7-13-10-14(19(2,3)4)5-6-16(13)21/h5-6,9-11H,7-8H2,1-4H3,(H,20,22). The minimum absolute atomic E-state index is 0.0839. The highest BCUT2D eigenvalue weighted by molar-refractivity contribution is 6.07. The number of fused-ring (bicyclic) bond motifs is 1. The van der Waals surface area contributed by atoms with Crippen LogP contribution in [0.2, 0.25) is 0 Å². The summed E-state index contributed by atoms with van der Waals surface area (Å²) in [6, 6.07) is 7.72. The van der Waals surface area contributed by atoms with Gasteiger partial charge in [0.1, 0.15) is 5.56 Å². The minimum Gasteiger partial charge on any atom is -0.364 e. The predicted octanol–water partition coefficient (Wildman–Crippen LogP) is 3.18. The predicted molar refractivity (Wildman–Crippen MR) is 92.3 cm³/mol. The molecule has 1 amide bonds. The monoisotopic (exact) mass is 310 g/mol. The zero-order valence-corrected chi connectivity index (χ0v) is 14.1. The fraction of sp³-hybridized carbons (Fsp3) is 0.368. The number of carbonyl (C=O) groups is 1. The third-order valence-corrected chi connectivity index (χ3v) is 4.37. The van der Waals surface area contributed by atoms with Gasteiger partial charge >= 0.3 is 0 Å². The van der Waals surface area contributed by atoms with E-state index in [1.165, 1.54) is 23.4 Å². The summed E-state index contributed by atoms with van der Waals surface area (Å²) in [7, 11) is 0. The molecule has 3 rings (SSSR count). The number of nitrogens with zero attached hydrogens (tertiary/aromatic N) is 1. The fourth-order valence-corrected chi connectivity index (χ4v) is 2.96. The minimum atomic E-state index is -0.231. The molecule has 2 aromatic rings. The van der Waals surface area contributed by atoms with E-state index >= 15 is 0 Å². The lowest BCUT2D eigenvalue weighted by atomic mass is 9.86. The summed E-state index contributed by atoms with van der Waals surface area (Å²) in [5.41, 5.74) is 4.16. The molecule has 0 aliphatic carbocycles. The van der Waals surface area contributed by atoms with Crippen LogP contribution in [0.3, 0.4) is 0 Å². The van der Waals surface area contributed by atoms with Crippen LogP contribution in [-0.2, 0) is 11.8 Å². The van der Waals surface area contributed by atoms with Crippen molar-refractivity contribution in [3.8, 4) is 0 Å². The summed E-state index contributed by atoms with van der Waals surface area (Å²) >= 11 is 0. The van der Waals surface area contributed by atoms with E-state index in [0.717, 1.165) is 17.8 Å². The van der Waals surface area contributed by atoms with E-state index in [9.17, 15) is 9.59 Å². The first-order valence-corrected chi connectivity index (χ1v) is 7.92. The maximum Gasteiger partial charge on any atom is 0.263 e. The van der Waals surface area contributed by atoms with Crippen molar-refractivity contribution in [3.05, 3.63) is 63.1 Å². The molecule has 1 aromatic carbocycles. The van der Waals surface area contributed by atoms with E-state index in [1.807, 2.05) is 6.07 Å². The average molecular weight is 310 g/mol. The van der Waals surface area contributed by atoms with Crippen molar-refractivity contribution in [3.63, 3.8) is 0 Å². The summed E-state index contributed by atoms with van der Waals surface area (Å²) in [6.07, 6.45) is 2.34. The van der Waals surface area contributed by atoms with E-state index in [0.29, 0.717) is 6.54 Å².